The molecule has 0 heterocycles. The molecule has 0 spiro atoms. The van der Waals surface area contributed by atoms with Crippen LogP contribution in [0.3, 0.4) is 0 Å². The minimum Gasteiger partial charge on any atom is -0.481 e. The van der Waals surface area contributed by atoms with Crippen LogP contribution in [0.5, 0.6) is 0 Å². The largest absolute Gasteiger partial charge is 0.481 e. The van der Waals surface area contributed by atoms with Crippen molar-refractivity contribution >= 4 is 11.7 Å². The van der Waals surface area contributed by atoms with Gasteiger partial charge in [-0.25, -0.2) is 4.39 Å². The summed E-state index contributed by atoms with van der Waals surface area (Å²) >= 11 is 0. The first-order valence-corrected chi connectivity index (χ1v) is 10.8. The summed E-state index contributed by atoms with van der Waals surface area (Å²) in [5.41, 5.74) is 3.16. The quantitative estimate of drug-likeness (QED) is 0.378. The molecule has 0 radical (unpaired) electrons. The van der Waals surface area contributed by atoms with Gasteiger partial charge in [-0.05, 0) is 73.3 Å². The van der Waals surface area contributed by atoms with E-state index in [2.05, 4.69) is 5.32 Å². The van der Waals surface area contributed by atoms with E-state index in [9.17, 15) is 9.18 Å². The molecule has 5 nitrogen and oxygen atoms in total. The van der Waals surface area contributed by atoms with Gasteiger partial charge < -0.3 is 20.9 Å². The van der Waals surface area contributed by atoms with E-state index in [-0.39, 0.29) is 18.8 Å². The molecule has 31 heavy (non-hydrogen) atoms. The number of fused-ring (bicyclic) bond motifs is 1. The zero-order chi connectivity index (χ0) is 22.6. The molecule has 0 amide bonds. The molecule has 0 bridgehead atoms. The molecule has 6 heteroatoms. The van der Waals surface area contributed by atoms with Gasteiger partial charge in [0.25, 0.3) is 0 Å². The third-order valence-corrected chi connectivity index (χ3v) is 5.79. The zero-order valence-corrected chi connectivity index (χ0v) is 18.1. The Labute approximate surface area is 183 Å². The highest BCUT2D eigenvalue weighted by Crippen LogP contribution is 2.49. The molecule has 168 valence electrons. The molecule has 0 atom stereocenters. The second kappa shape index (κ2) is 13.0. The van der Waals surface area contributed by atoms with E-state index in [0.29, 0.717) is 24.4 Å². The van der Waals surface area contributed by atoms with Crippen molar-refractivity contribution in [2.45, 2.75) is 52.2 Å². The molecular formula is C25H33FN2O3. The minimum atomic E-state index is -0.790. The molecule has 0 saturated heterocycles. The number of hydrogen-bond donors (Lipinski definition) is 4. The smallest absolute Gasteiger partial charge is 0.304 e. The summed E-state index contributed by atoms with van der Waals surface area (Å²) in [6, 6.07) is 13.6. The van der Waals surface area contributed by atoms with Crippen LogP contribution >= 0.6 is 0 Å². The van der Waals surface area contributed by atoms with Crippen LogP contribution < -0.4 is 5.32 Å². The van der Waals surface area contributed by atoms with Crippen molar-refractivity contribution < 1.29 is 19.4 Å². The summed E-state index contributed by atoms with van der Waals surface area (Å²) < 4.78 is 12.2. The average Bonchev–Trinajstić information content (AvgIpc) is 2.75. The molecule has 0 aliphatic heterocycles. The van der Waals surface area contributed by atoms with Crippen molar-refractivity contribution in [1.82, 2.24) is 5.32 Å². The molecule has 4 N–H and O–H groups in total. The molecule has 2 aliphatic rings. The van der Waals surface area contributed by atoms with E-state index < -0.39 is 5.97 Å². The average molecular weight is 429 g/mol. The van der Waals surface area contributed by atoms with Gasteiger partial charge in [-0.3, -0.25) is 4.79 Å². The van der Waals surface area contributed by atoms with Crippen molar-refractivity contribution in [3.05, 3.63) is 71.0 Å². The predicted molar refractivity (Wildman–Crippen MR) is 121 cm³/mol. The lowest BCUT2D eigenvalue weighted by Gasteiger charge is -2.46. The van der Waals surface area contributed by atoms with Crippen molar-refractivity contribution in [3.63, 3.8) is 0 Å². The van der Waals surface area contributed by atoms with E-state index >= 15 is 0 Å². The Balaban J connectivity index is 0.000000187. The molecule has 2 saturated carbocycles. The second-order valence-electron chi connectivity index (χ2n) is 8.11. The first-order chi connectivity index (χ1) is 14.9. The van der Waals surface area contributed by atoms with Gasteiger partial charge in [-0.1, -0.05) is 36.4 Å². The molecule has 0 aromatic heterocycles. The van der Waals surface area contributed by atoms with Gasteiger partial charge >= 0.3 is 5.97 Å². The summed E-state index contributed by atoms with van der Waals surface area (Å²) in [4.78, 5) is 10.3. The number of carbonyl (C=O) groups is 1. The fourth-order valence-electron chi connectivity index (χ4n) is 3.50. The normalized spacial score (nSPS) is 18.0. The lowest BCUT2D eigenvalue weighted by atomic mass is 9.60. The van der Waals surface area contributed by atoms with Crippen LogP contribution in [0.25, 0.3) is 0 Å². The number of hydrogen-bond acceptors (Lipinski definition) is 4. The standard InChI is InChI=1S/C12H16N2O2.C7H7FO.C6H10/c1-9(13)11-4-2-10(3-5-11)8-14-7-6-12(15)16;8-7-3-1-2-6(4-7)5-9;1-2-6-4-3-5(1)6/h2-5,13-14H,6-8H2,1H3,(H,15,16);1-4,9H,5H2;5-6H,1-4H2. The van der Waals surface area contributed by atoms with E-state index in [0.717, 1.165) is 11.1 Å². The number of halogens is 1. The van der Waals surface area contributed by atoms with Crippen LogP contribution in [-0.4, -0.2) is 28.4 Å². The van der Waals surface area contributed by atoms with E-state index in [1.165, 1.54) is 24.0 Å². The Hall–Kier alpha value is -2.57. The molecule has 2 aliphatic carbocycles. The van der Waals surface area contributed by atoms with Crippen LogP contribution in [0.1, 0.15) is 55.7 Å². The summed E-state index contributed by atoms with van der Waals surface area (Å²) in [7, 11) is 0. The van der Waals surface area contributed by atoms with Crippen LogP contribution in [0.15, 0.2) is 48.5 Å². The Morgan fingerprint density at radius 2 is 1.68 bits per heavy atom. The zero-order valence-electron chi connectivity index (χ0n) is 18.1. The Morgan fingerprint density at radius 3 is 2.06 bits per heavy atom. The van der Waals surface area contributed by atoms with Crippen LogP contribution in [0, 0.1) is 23.1 Å². The third kappa shape index (κ3) is 8.99. The fourth-order valence-corrected chi connectivity index (χ4v) is 3.50. The first-order valence-electron chi connectivity index (χ1n) is 10.8. The Kier molecular flexibility index (Phi) is 10.3. The maximum atomic E-state index is 12.2. The highest BCUT2D eigenvalue weighted by Gasteiger charge is 2.37. The van der Waals surface area contributed by atoms with Gasteiger partial charge in [-0.15, -0.1) is 0 Å². The maximum absolute atomic E-state index is 12.2. The van der Waals surface area contributed by atoms with Crippen LogP contribution in [-0.2, 0) is 17.9 Å². The SMILES string of the molecule is C1CC2CCC12.CC(=N)c1ccc(CNCCC(=O)O)cc1.OCc1cccc(F)c1. The highest BCUT2D eigenvalue weighted by molar-refractivity contribution is 5.96. The van der Waals surface area contributed by atoms with E-state index in [4.69, 9.17) is 15.6 Å². The van der Waals surface area contributed by atoms with E-state index in [1.807, 2.05) is 24.3 Å². The number of aliphatic hydroxyl groups excluding tert-OH is 1. The summed E-state index contributed by atoms with van der Waals surface area (Å²) in [5, 5.41) is 27.4. The van der Waals surface area contributed by atoms with Gasteiger partial charge in [-0.2, -0.15) is 0 Å². The molecule has 2 aromatic rings. The molecular weight excluding hydrogens is 395 g/mol. The Bertz CT molecular complexity index is 821. The maximum Gasteiger partial charge on any atom is 0.304 e. The number of aliphatic carboxylic acids is 1. The van der Waals surface area contributed by atoms with E-state index in [1.54, 1.807) is 44.7 Å². The lowest BCUT2D eigenvalue weighted by Crippen LogP contribution is -2.34. The number of carboxylic acid groups (broad SMARTS) is 1. The van der Waals surface area contributed by atoms with Crippen molar-refractivity contribution in [3.8, 4) is 0 Å². The lowest BCUT2D eigenvalue weighted by molar-refractivity contribution is -0.136. The molecule has 4 rings (SSSR count). The number of aliphatic hydroxyl groups is 1. The highest BCUT2D eigenvalue weighted by atomic mass is 19.1. The number of rotatable bonds is 7. The van der Waals surface area contributed by atoms with Gasteiger partial charge in [0.1, 0.15) is 5.82 Å². The summed E-state index contributed by atoms with van der Waals surface area (Å²) in [6.45, 7) is 2.78. The monoisotopic (exact) mass is 428 g/mol. The summed E-state index contributed by atoms with van der Waals surface area (Å²) in [6.07, 6.45) is 6.38. The van der Waals surface area contributed by atoms with Crippen LogP contribution in [0.4, 0.5) is 4.39 Å². The van der Waals surface area contributed by atoms with Crippen molar-refractivity contribution in [1.29, 1.82) is 5.41 Å². The predicted octanol–water partition coefficient (Wildman–Crippen LogP) is 4.76. The first kappa shape index (κ1) is 24.7. The van der Waals surface area contributed by atoms with Crippen LogP contribution in [0.2, 0.25) is 0 Å². The second-order valence-corrected chi connectivity index (χ2v) is 8.11. The third-order valence-electron chi connectivity index (χ3n) is 5.79. The fraction of sp³-hybridized carbons (Fsp3) is 0.440. The Morgan fingerprint density at radius 1 is 1.06 bits per heavy atom. The molecule has 0 unspecified atom stereocenters. The molecule has 2 fully saturated rings. The number of nitrogens with one attached hydrogen (secondary N) is 2. The molecule has 2 aromatic carbocycles. The van der Waals surface area contributed by atoms with Gasteiger partial charge in [0.05, 0.1) is 13.0 Å². The topological polar surface area (TPSA) is 93.4 Å². The van der Waals surface area contributed by atoms with Crippen molar-refractivity contribution in [2.75, 3.05) is 6.54 Å². The van der Waals surface area contributed by atoms with Gasteiger partial charge in [0.15, 0.2) is 0 Å². The number of benzene rings is 2. The number of carboxylic acids is 1. The summed E-state index contributed by atoms with van der Waals surface area (Å²) in [5.74, 6) is 1.33. The van der Waals surface area contributed by atoms with Gasteiger partial charge in [0.2, 0.25) is 0 Å². The minimum absolute atomic E-state index is 0.0994. The van der Waals surface area contributed by atoms with Gasteiger partial charge in [0, 0.05) is 18.8 Å². The van der Waals surface area contributed by atoms with Crippen molar-refractivity contribution in [2.24, 2.45) is 11.8 Å².